The molecule has 0 saturated carbocycles. The maximum Gasteiger partial charge on any atom is 0.132 e. The molecule has 0 aliphatic carbocycles. The van der Waals surface area contributed by atoms with Crippen molar-refractivity contribution in [3.8, 4) is 0 Å². The zero-order valence-corrected chi connectivity index (χ0v) is 12.8. The second-order valence-corrected chi connectivity index (χ2v) is 6.71. The summed E-state index contributed by atoms with van der Waals surface area (Å²) in [6, 6.07) is 8.75. The highest BCUT2D eigenvalue weighted by atomic mass is 28.3. The van der Waals surface area contributed by atoms with Gasteiger partial charge in [0.25, 0.3) is 0 Å². The monoisotopic (exact) mass is 262 g/mol. The second-order valence-electron chi connectivity index (χ2n) is 4.32. The molecule has 1 aromatic carbocycles. The van der Waals surface area contributed by atoms with E-state index in [-0.39, 0.29) is 0 Å². The van der Waals surface area contributed by atoms with Gasteiger partial charge in [-0.2, -0.15) is 0 Å². The van der Waals surface area contributed by atoms with E-state index in [0.29, 0.717) is 0 Å². The number of ether oxygens (including phenoxy) is 1. The Balaban J connectivity index is 2.78. The quantitative estimate of drug-likeness (QED) is 0.665. The van der Waals surface area contributed by atoms with E-state index in [1.807, 2.05) is 6.08 Å². The van der Waals surface area contributed by atoms with E-state index in [0.717, 1.165) is 25.5 Å². The molecule has 0 N–H and O–H groups in total. The van der Waals surface area contributed by atoms with Crippen molar-refractivity contribution in [3.63, 3.8) is 0 Å². The molecule has 99 valence electrons. The second kappa shape index (κ2) is 8.24. The maximum absolute atomic E-state index is 5.40. The molecule has 0 atom stereocenters. The Kier molecular flexibility index (Phi) is 6.94. The third kappa shape index (κ3) is 4.41. The number of nitrogens with zero attached hydrogens (tertiary/aromatic N) is 1. The maximum atomic E-state index is 5.40. The predicted molar refractivity (Wildman–Crippen MR) is 81.6 cm³/mol. The van der Waals surface area contributed by atoms with Crippen LogP contribution in [0.25, 0.3) is 6.08 Å². The molecule has 0 aromatic heterocycles. The highest BCUT2D eigenvalue weighted by molar-refractivity contribution is 6.73. The van der Waals surface area contributed by atoms with Gasteiger partial charge in [-0.3, -0.25) is 0 Å². The smallest absolute Gasteiger partial charge is 0.132 e. The summed E-state index contributed by atoms with van der Waals surface area (Å²) < 4.78 is 5.40. The lowest BCUT2D eigenvalue weighted by atomic mass is 10.2. The highest BCUT2D eigenvalue weighted by Gasteiger charge is 2.16. The van der Waals surface area contributed by atoms with E-state index >= 15 is 0 Å². The molecule has 0 bridgehead atoms. The van der Waals surface area contributed by atoms with Crippen LogP contribution in [0, 0.1) is 0 Å². The van der Waals surface area contributed by atoms with Crippen LogP contribution in [-0.2, 0) is 4.74 Å². The van der Waals surface area contributed by atoms with Crippen LogP contribution in [0.3, 0.4) is 0 Å². The summed E-state index contributed by atoms with van der Waals surface area (Å²) in [5.74, 6) is 0. The Bertz CT molecular complexity index is 346. The van der Waals surface area contributed by atoms with Gasteiger partial charge in [0.2, 0.25) is 0 Å². The van der Waals surface area contributed by atoms with Crippen LogP contribution in [0.2, 0.25) is 0 Å². The third-order valence-corrected chi connectivity index (χ3v) is 5.80. The molecule has 0 fully saturated rings. The van der Waals surface area contributed by atoms with Gasteiger partial charge in [-0.25, -0.2) is 0 Å². The average molecular weight is 262 g/mol. The largest absolute Gasteiger partial charge is 0.388 e. The standard InChI is InChI=1S/C15H24NOSi/c1-5-14-8-10-15(11-9-14)18(13-17-4)12-16(6-2)7-3/h5,8-11H,1,6-7,12-13H2,2-4H3. The molecule has 0 unspecified atom stereocenters. The fourth-order valence-corrected chi connectivity index (χ4v) is 4.38. The number of hydrogen-bond acceptors (Lipinski definition) is 2. The van der Waals surface area contributed by atoms with E-state index < -0.39 is 8.80 Å². The molecule has 0 aliphatic heterocycles. The lowest BCUT2D eigenvalue weighted by Gasteiger charge is -2.24. The zero-order chi connectivity index (χ0) is 13.4. The SMILES string of the molecule is C=Cc1ccc([Si](COC)CN(CC)CC)cc1. The van der Waals surface area contributed by atoms with Crippen LogP contribution in [0.15, 0.2) is 30.8 Å². The van der Waals surface area contributed by atoms with E-state index in [2.05, 4.69) is 49.6 Å². The van der Waals surface area contributed by atoms with E-state index in [9.17, 15) is 0 Å². The zero-order valence-electron chi connectivity index (χ0n) is 11.8. The first-order chi connectivity index (χ1) is 8.74. The minimum absolute atomic E-state index is 0.651. The molecule has 0 heterocycles. The van der Waals surface area contributed by atoms with Crippen LogP contribution in [0.1, 0.15) is 19.4 Å². The Labute approximate surface area is 113 Å². The van der Waals surface area contributed by atoms with Gasteiger partial charge in [0.1, 0.15) is 8.80 Å². The topological polar surface area (TPSA) is 12.5 Å². The van der Waals surface area contributed by atoms with Gasteiger partial charge in [0, 0.05) is 13.3 Å². The number of benzene rings is 1. The van der Waals surface area contributed by atoms with E-state index in [1.165, 1.54) is 10.8 Å². The van der Waals surface area contributed by atoms with Crippen molar-refractivity contribution in [1.29, 1.82) is 0 Å². The van der Waals surface area contributed by atoms with Gasteiger partial charge in [0.15, 0.2) is 0 Å². The van der Waals surface area contributed by atoms with Gasteiger partial charge in [-0.1, -0.05) is 56.0 Å². The molecule has 0 amide bonds. The van der Waals surface area contributed by atoms with Crippen LogP contribution in [0.4, 0.5) is 0 Å². The summed E-state index contributed by atoms with van der Waals surface area (Å²) in [4.78, 5) is 2.48. The summed E-state index contributed by atoms with van der Waals surface area (Å²) in [6.45, 7) is 10.5. The Morgan fingerprint density at radius 2 is 1.83 bits per heavy atom. The summed E-state index contributed by atoms with van der Waals surface area (Å²) in [5.41, 5.74) is 1.18. The first kappa shape index (κ1) is 15.2. The summed E-state index contributed by atoms with van der Waals surface area (Å²) in [6.07, 6.45) is 3.91. The first-order valence-electron chi connectivity index (χ1n) is 6.54. The lowest BCUT2D eigenvalue weighted by Crippen LogP contribution is -2.46. The van der Waals surface area contributed by atoms with Gasteiger partial charge < -0.3 is 9.64 Å². The molecule has 1 rings (SSSR count). The van der Waals surface area contributed by atoms with Gasteiger partial charge in [-0.05, 0) is 24.8 Å². The van der Waals surface area contributed by atoms with Crippen molar-refractivity contribution in [1.82, 2.24) is 4.90 Å². The van der Waals surface area contributed by atoms with Gasteiger partial charge >= 0.3 is 0 Å². The van der Waals surface area contributed by atoms with Crippen molar-refractivity contribution >= 4 is 20.1 Å². The molecule has 0 saturated heterocycles. The Morgan fingerprint density at radius 1 is 1.22 bits per heavy atom. The average Bonchev–Trinajstić information content (AvgIpc) is 2.43. The van der Waals surface area contributed by atoms with Crippen LogP contribution >= 0.6 is 0 Å². The van der Waals surface area contributed by atoms with Crippen molar-refractivity contribution in [3.05, 3.63) is 36.4 Å². The Morgan fingerprint density at radius 3 is 2.28 bits per heavy atom. The number of methoxy groups -OCH3 is 1. The normalized spacial score (nSPS) is 11.2. The Hall–Kier alpha value is -0.903. The molecular formula is C15H24NOSi. The van der Waals surface area contributed by atoms with Crippen LogP contribution in [0.5, 0.6) is 0 Å². The summed E-state index contributed by atoms with van der Waals surface area (Å²) in [5, 5.41) is 1.44. The lowest BCUT2D eigenvalue weighted by molar-refractivity contribution is 0.245. The highest BCUT2D eigenvalue weighted by Crippen LogP contribution is 2.01. The summed E-state index contributed by atoms with van der Waals surface area (Å²) >= 11 is 0. The third-order valence-electron chi connectivity index (χ3n) is 3.18. The van der Waals surface area contributed by atoms with Crippen LogP contribution in [-0.4, -0.2) is 46.3 Å². The van der Waals surface area contributed by atoms with Crippen molar-refractivity contribution in [2.75, 3.05) is 32.6 Å². The molecule has 18 heavy (non-hydrogen) atoms. The van der Waals surface area contributed by atoms with Crippen molar-refractivity contribution in [2.24, 2.45) is 0 Å². The fourth-order valence-electron chi connectivity index (χ4n) is 1.97. The molecule has 2 nitrogen and oxygen atoms in total. The molecule has 1 aromatic rings. The first-order valence-corrected chi connectivity index (χ1v) is 8.45. The minimum atomic E-state index is -0.651. The van der Waals surface area contributed by atoms with Crippen molar-refractivity contribution in [2.45, 2.75) is 13.8 Å². The van der Waals surface area contributed by atoms with Gasteiger partial charge in [-0.15, -0.1) is 0 Å². The molecule has 3 heteroatoms. The molecular weight excluding hydrogens is 238 g/mol. The fraction of sp³-hybridized carbons (Fsp3) is 0.467. The summed E-state index contributed by atoms with van der Waals surface area (Å²) in [7, 11) is 1.15. The predicted octanol–water partition coefficient (Wildman–Crippen LogP) is 2.10. The van der Waals surface area contributed by atoms with Gasteiger partial charge in [0.05, 0.1) is 0 Å². The van der Waals surface area contributed by atoms with Crippen molar-refractivity contribution < 1.29 is 4.74 Å². The molecule has 1 radical (unpaired) electrons. The number of rotatable bonds is 8. The molecule has 0 aliphatic rings. The minimum Gasteiger partial charge on any atom is -0.388 e. The van der Waals surface area contributed by atoms with E-state index in [1.54, 1.807) is 7.11 Å². The van der Waals surface area contributed by atoms with Crippen LogP contribution < -0.4 is 5.19 Å². The number of hydrogen-bond donors (Lipinski definition) is 0. The van der Waals surface area contributed by atoms with E-state index in [4.69, 9.17) is 4.74 Å². The molecule has 0 spiro atoms.